The second-order valence-corrected chi connectivity index (χ2v) is 9.19. The Labute approximate surface area is 170 Å². The number of alkyl halides is 3. The molecule has 160 valence electrons. The van der Waals surface area contributed by atoms with E-state index >= 15 is 0 Å². The Morgan fingerprint density at radius 1 is 1.07 bits per heavy atom. The summed E-state index contributed by atoms with van der Waals surface area (Å²) in [6.45, 7) is 4.71. The van der Waals surface area contributed by atoms with E-state index in [1.54, 1.807) is 19.1 Å². The summed E-state index contributed by atoms with van der Waals surface area (Å²) in [6, 6.07) is 9.78. The molecule has 0 heterocycles. The van der Waals surface area contributed by atoms with Crippen molar-refractivity contribution in [1.82, 2.24) is 0 Å². The van der Waals surface area contributed by atoms with Crippen LogP contribution < -0.4 is 4.74 Å². The van der Waals surface area contributed by atoms with E-state index in [1.807, 2.05) is 0 Å². The zero-order chi connectivity index (χ0) is 22.0. The van der Waals surface area contributed by atoms with Crippen LogP contribution in [0.3, 0.4) is 0 Å². The average molecular weight is 432 g/mol. The van der Waals surface area contributed by atoms with Gasteiger partial charge < -0.3 is 14.4 Å². The van der Waals surface area contributed by atoms with E-state index in [0.717, 1.165) is 17.7 Å². The predicted octanol–water partition coefficient (Wildman–Crippen LogP) is 4.91. The third-order valence-corrected chi connectivity index (χ3v) is 6.34. The van der Waals surface area contributed by atoms with Crippen molar-refractivity contribution in [3.63, 3.8) is 0 Å². The molecule has 8 heteroatoms. The molecule has 0 aromatic heterocycles. The molecule has 0 fully saturated rings. The molecule has 29 heavy (non-hydrogen) atoms. The van der Waals surface area contributed by atoms with Gasteiger partial charge in [-0.15, -0.1) is 0 Å². The third-order valence-electron chi connectivity index (χ3n) is 4.81. The van der Waals surface area contributed by atoms with E-state index in [0.29, 0.717) is 0 Å². The Bertz CT molecular complexity index is 837. The number of rotatable bonds is 7. The van der Waals surface area contributed by atoms with Crippen LogP contribution in [0.25, 0.3) is 0 Å². The van der Waals surface area contributed by atoms with Gasteiger partial charge in [0.15, 0.2) is 4.90 Å². The quantitative estimate of drug-likeness (QED) is 0.500. The highest BCUT2D eigenvalue weighted by atomic mass is 32.2. The molecule has 0 aliphatic rings. The maximum atomic E-state index is 13.9. The molecule has 0 amide bonds. The molecule has 0 aliphatic heterocycles. The molecule has 2 atom stereocenters. The van der Waals surface area contributed by atoms with Gasteiger partial charge in [0.05, 0.1) is 7.11 Å². The van der Waals surface area contributed by atoms with Crippen LogP contribution in [0.15, 0.2) is 47.4 Å². The average Bonchev–Trinajstić information content (AvgIpc) is 2.60. The summed E-state index contributed by atoms with van der Waals surface area (Å²) in [5.74, 6) is -1.45. The van der Waals surface area contributed by atoms with Crippen molar-refractivity contribution in [1.29, 1.82) is 0 Å². The van der Waals surface area contributed by atoms with Crippen molar-refractivity contribution in [2.75, 3.05) is 12.9 Å². The van der Waals surface area contributed by atoms with Gasteiger partial charge in [0.1, 0.15) is 17.3 Å². The van der Waals surface area contributed by atoms with Crippen LogP contribution in [0, 0.1) is 12.7 Å². The fraction of sp³-hybridized carbons (Fsp3) is 0.429. The molecule has 2 rings (SSSR count). The van der Waals surface area contributed by atoms with E-state index in [4.69, 9.17) is 4.74 Å². The van der Waals surface area contributed by atoms with Crippen molar-refractivity contribution in [3.8, 4) is 5.75 Å². The molecular formula is C21H24F4O3S. The van der Waals surface area contributed by atoms with Crippen LogP contribution in [0.5, 0.6) is 5.75 Å². The minimum Gasteiger partial charge on any atom is -0.611 e. The van der Waals surface area contributed by atoms with Crippen molar-refractivity contribution < 1.29 is 32.0 Å². The Morgan fingerprint density at radius 3 is 2.17 bits per heavy atom. The van der Waals surface area contributed by atoms with Gasteiger partial charge in [-0.25, -0.2) is 4.39 Å². The van der Waals surface area contributed by atoms with Gasteiger partial charge in [0, 0.05) is 5.56 Å². The molecule has 0 saturated carbocycles. The summed E-state index contributed by atoms with van der Waals surface area (Å²) in [4.78, 5) is 0.194. The van der Waals surface area contributed by atoms with Gasteiger partial charge in [-0.05, 0) is 60.3 Å². The summed E-state index contributed by atoms with van der Waals surface area (Å²) >= 11 is -2.09. The number of aryl methyl sites for hydroxylation is 1. The summed E-state index contributed by atoms with van der Waals surface area (Å²) in [7, 11) is 1.33. The minimum absolute atomic E-state index is 0.184. The summed E-state index contributed by atoms with van der Waals surface area (Å²) in [6.07, 6.45) is -5.86. The fourth-order valence-corrected chi connectivity index (χ4v) is 4.56. The molecule has 0 saturated heterocycles. The summed E-state index contributed by atoms with van der Waals surface area (Å²) < 4.78 is 73.1. The predicted molar refractivity (Wildman–Crippen MR) is 104 cm³/mol. The van der Waals surface area contributed by atoms with Crippen molar-refractivity contribution in [2.24, 2.45) is 0 Å². The highest BCUT2D eigenvalue weighted by Gasteiger charge is 2.59. The van der Waals surface area contributed by atoms with E-state index in [1.165, 1.54) is 39.2 Å². The number of methoxy groups -OCH3 is 1. The second-order valence-electron chi connectivity index (χ2n) is 7.74. The molecule has 0 radical (unpaired) electrons. The first-order chi connectivity index (χ1) is 13.3. The number of halogens is 4. The van der Waals surface area contributed by atoms with Crippen molar-refractivity contribution in [2.45, 2.75) is 49.3 Å². The highest BCUT2D eigenvalue weighted by molar-refractivity contribution is 7.91. The fourth-order valence-electron chi connectivity index (χ4n) is 3.26. The van der Waals surface area contributed by atoms with E-state index < -0.39 is 46.4 Å². The second kappa shape index (κ2) is 8.53. The zero-order valence-electron chi connectivity index (χ0n) is 16.6. The van der Waals surface area contributed by atoms with Crippen LogP contribution in [-0.4, -0.2) is 34.3 Å². The van der Waals surface area contributed by atoms with Gasteiger partial charge >= 0.3 is 6.18 Å². The molecule has 2 aromatic rings. The zero-order valence-corrected chi connectivity index (χ0v) is 17.5. The molecule has 0 bridgehead atoms. The first kappa shape index (κ1) is 23.5. The maximum Gasteiger partial charge on any atom is 0.421 e. The van der Waals surface area contributed by atoms with Gasteiger partial charge in [0.2, 0.25) is 5.60 Å². The van der Waals surface area contributed by atoms with E-state index in [-0.39, 0.29) is 16.2 Å². The standard InChI is InChI=1S/C21H24F4O3S/c1-14-5-8-16(9-6-14)29(27)13-20(26,21(23,24)25)12-19(2,3)17-11-15(22)7-10-18(17)28-4/h5-11,26H,12-13H2,1-4H3. The Morgan fingerprint density at radius 2 is 1.66 bits per heavy atom. The number of hydrogen-bond donors (Lipinski definition) is 1. The Hall–Kier alpha value is -1.77. The number of benzene rings is 2. The van der Waals surface area contributed by atoms with Crippen LogP contribution in [-0.2, 0) is 16.6 Å². The molecule has 2 unspecified atom stereocenters. The van der Waals surface area contributed by atoms with Gasteiger partial charge in [-0.2, -0.15) is 13.2 Å². The number of ether oxygens (including phenoxy) is 1. The monoisotopic (exact) mass is 432 g/mol. The van der Waals surface area contributed by atoms with Gasteiger partial charge in [-0.3, -0.25) is 0 Å². The van der Waals surface area contributed by atoms with Crippen LogP contribution in [0.2, 0.25) is 0 Å². The van der Waals surface area contributed by atoms with Crippen LogP contribution in [0.4, 0.5) is 17.6 Å². The maximum absolute atomic E-state index is 13.9. The molecule has 2 aromatic carbocycles. The topological polar surface area (TPSA) is 52.5 Å². The molecule has 1 N–H and O–H groups in total. The molecule has 0 spiro atoms. The molecule has 0 aliphatic carbocycles. The number of aliphatic hydroxyl groups is 1. The van der Waals surface area contributed by atoms with Gasteiger partial charge in [0.25, 0.3) is 0 Å². The normalized spacial score (nSPS) is 15.7. The first-order valence-corrected chi connectivity index (χ1v) is 10.2. The van der Waals surface area contributed by atoms with E-state index in [9.17, 15) is 27.2 Å². The lowest BCUT2D eigenvalue weighted by Crippen LogP contribution is -2.53. The lowest BCUT2D eigenvalue weighted by Gasteiger charge is -2.38. The summed E-state index contributed by atoms with van der Waals surface area (Å²) in [5, 5.41) is 10.6. The SMILES string of the molecule is COc1ccc(F)cc1C(C)(C)CC(O)(C[S+]([O-])c1ccc(C)cc1)C(F)(F)F. The van der Waals surface area contributed by atoms with Gasteiger partial charge in [-0.1, -0.05) is 31.5 Å². The highest BCUT2D eigenvalue weighted by Crippen LogP contribution is 2.44. The van der Waals surface area contributed by atoms with Crippen LogP contribution >= 0.6 is 0 Å². The minimum atomic E-state index is -5.04. The lowest BCUT2D eigenvalue weighted by atomic mass is 9.75. The smallest absolute Gasteiger partial charge is 0.421 e. The first-order valence-electron chi connectivity index (χ1n) is 8.87. The van der Waals surface area contributed by atoms with Crippen molar-refractivity contribution >= 4 is 11.2 Å². The Kier molecular flexibility index (Phi) is 6.92. The van der Waals surface area contributed by atoms with Crippen LogP contribution in [0.1, 0.15) is 31.4 Å². The molecule has 3 nitrogen and oxygen atoms in total. The number of hydrogen-bond acceptors (Lipinski definition) is 3. The third kappa shape index (κ3) is 5.43. The molecular weight excluding hydrogens is 408 g/mol. The lowest BCUT2D eigenvalue weighted by molar-refractivity contribution is -0.257. The van der Waals surface area contributed by atoms with Crippen molar-refractivity contribution in [3.05, 3.63) is 59.4 Å². The summed E-state index contributed by atoms with van der Waals surface area (Å²) in [5.41, 5.74) is -3.52. The largest absolute Gasteiger partial charge is 0.611 e. The Balaban J connectivity index is 2.39. The van der Waals surface area contributed by atoms with E-state index in [2.05, 4.69) is 0 Å².